The van der Waals surface area contributed by atoms with Crippen LogP contribution >= 0.6 is 0 Å². The van der Waals surface area contributed by atoms with E-state index in [0.29, 0.717) is 0 Å². The van der Waals surface area contributed by atoms with Crippen molar-refractivity contribution < 1.29 is 0 Å². The maximum Gasteiger partial charge on any atom is 0.0873 e. The zero-order valence-corrected chi connectivity index (χ0v) is 20.4. The first-order chi connectivity index (χ1) is 17.0. The number of nitrogens with two attached hydrogens (primary N) is 1. The van der Waals surface area contributed by atoms with Gasteiger partial charge in [0.15, 0.2) is 0 Å². The molecule has 1 atom stereocenters. The van der Waals surface area contributed by atoms with E-state index in [-0.39, 0.29) is 6.04 Å². The summed E-state index contributed by atoms with van der Waals surface area (Å²) >= 11 is 0. The summed E-state index contributed by atoms with van der Waals surface area (Å²) in [5, 5.41) is 5.54. The molecule has 3 heteroatoms. The monoisotopic (exact) mass is 457 g/mol. The molecule has 5 rings (SSSR count). The van der Waals surface area contributed by atoms with Crippen LogP contribution in [0.15, 0.2) is 85.1 Å². The smallest absolute Gasteiger partial charge is 0.0873 e. The molecule has 0 radical (unpaired) electrons. The lowest BCUT2D eigenvalue weighted by atomic mass is 9.96. The van der Waals surface area contributed by atoms with Crippen molar-refractivity contribution >= 4 is 29.5 Å². The van der Waals surface area contributed by atoms with Crippen LogP contribution in [0.4, 0.5) is 0 Å². The van der Waals surface area contributed by atoms with Gasteiger partial charge in [-0.15, -0.1) is 0 Å². The minimum absolute atomic E-state index is 0.168. The van der Waals surface area contributed by atoms with Crippen LogP contribution in [-0.2, 0) is 6.42 Å². The van der Waals surface area contributed by atoms with Crippen molar-refractivity contribution in [1.29, 1.82) is 0 Å². The molecule has 0 saturated heterocycles. The SMILES string of the molecule is C=c1ccc(C2=C(c3cccc(C)n3)NC=CC=C2)c/c1=C/C(=C\C)c1ccc2c(c1)CCC2N. The summed E-state index contributed by atoms with van der Waals surface area (Å²) in [5.74, 6) is 0. The highest BCUT2D eigenvalue weighted by Gasteiger charge is 2.19. The zero-order valence-electron chi connectivity index (χ0n) is 20.4. The van der Waals surface area contributed by atoms with Crippen LogP contribution in [-0.4, -0.2) is 4.98 Å². The molecule has 1 aliphatic heterocycles. The quantitative estimate of drug-likeness (QED) is 0.568. The van der Waals surface area contributed by atoms with Gasteiger partial charge in [-0.3, -0.25) is 4.98 Å². The summed E-state index contributed by atoms with van der Waals surface area (Å²) in [5.41, 5.74) is 16.4. The van der Waals surface area contributed by atoms with Gasteiger partial charge in [-0.1, -0.05) is 61.2 Å². The molecule has 3 nitrogen and oxygen atoms in total. The zero-order chi connectivity index (χ0) is 24.4. The number of aromatic nitrogens is 1. The number of rotatable bonds is 4. The number of fused-ring (bicyclic) bond motifs is 1. The van der Waals surface area contributed by atoms with Crippen molar-refractivity contribution in [3.63, 3.8) is 0 Å². The number of nitrogens with one attached hydrogen (secondary N) is 1. The lowest BCUT2D eigenvalue weighted by Gasteiger charge is -2.13. The van der Waals surface area contributed by atoms with Crippen LogP contribution in [0.2, 0.25) is 0 Å². The van der Waals surface area contributed by atoms with Crippen LogP contribution in [0, 0.1) is 6.92 Å². The molecule has 0 amide bonds. The Bertz CT molecular complexity index is 1520. The second kappa shape index (κ2) is 9.73. The Morgan fingerprint density at radius 1 is 1.11 bits per heavy atom. The highest BCUT2D eigenvalue weighted by atomic mass is 14.9. The average Bonchev–Trinajstić information content (AvgIpc) is 3.07. The van der Waals surface area contributed by atoms with E-state index >= 15 is 0 Å². The van der Waals surface area contributed by atoms with Gasteiger partial charge in [0, 0.05) is 23.5 Å². The predicted octanol–water partition coefficient (Wildman–Crippen LogP) is 5.17. The average molecular weight is 458 g/mol. The first kappa shape index (κ1) is 22.8. The van der Waals surface area contributed by atoms with Crippen LogP contribution < -0.4 is 21.5 Å². The molecule has 0 bridgehead atoms. The summed E-state index contributed by atoms with van der Waals surface area (Å²) in [7, 11) is 0. The molecule has 2 heterocycles. The van der Waals surface area contributed by atoms with E-state index in [0.717, 1.165) is 51.5 Å². The van der Waals surface area contributed by atoms with Crippen LogP contribution in [0.3, 0.4) is 0 Å². The number of nitrogens with zero attached hydrogens (tertiary/aromatic N) is 1. The molecule has 1 unspecified atom stereocenters. The summed E-state index contributed by atoms with van der Waals surface area (Å²) in [6, 6.07) is 19.4. The fraction of sp³-hybridized carbons (Fsp3) is 0.156. The number of aryl methyl sites for hydroxylation is 2. The third-order valence-corrected chi connectivity index (χ3v) is 6.79. The van der Waals surface area contributed by atoms with Crippen molar-refractivity contribution in [2.24, 2.45) is 5.73 Å². The fourth-order valence-corrected chi connectivity index (χ4v) is 4.86. The molecule has 3 N–H and O–H groups in total. The van der Waals surface area contributed by atoms with Crippen molar-refractivity contribution in [2.75, 3.05) is 0 Å². The van der Waals surface area contributed by atoms with Crippen LogP contribution in [0.5, 0.6) is 0 Å². The Morgan fingerprint density at radius 3 is 2.83 bits per heavy atom. The van der Waals surface area contributed by atoms with Gasteiger partial charge in [-0.2, -0.15) is 0 Å². The fourth-order valence-electron chi connectivity index (χ4n) is 4.86. The highest BCUT2D eigenvalue weighted by molar-refractivity contribution is 5.95. The summed E-state index contributed by atoms with van der Waals surface area (Å²) in [6.45, 7) is 8.42. The van der Waals surface area contributed by atoms with Crippen molar-refractivity contribution in [3.8, 4) is 0 Å². The largest absolute Gasteiger partial charge is 0.359 e. The lowest BCUT2D eigenvalue weighted by Crippen LogP contribution is -2.23. The van der Waals surface area contributed by atoms with Crippen molar-refractivity contribution in [1.82, 2.24) is 10.3 Å². The number of benzene rings is 2. The third-order valence-electron chi connectivity index (χ3n) is 6.79. The van der Waals surface area contributed by atoms with Gasteiger partial charge >= 0.3 is 0 Å². The van der Waals surface area contributed by atoms with Gasteiger partial charge in [0.2, 0.25) is 0 Å². The van der Waals surface area contributed by atoms with Gasteiger partial charge < -0.3 is 11.1 Å². The van der Waals surface area contributed by atoms with E-state index in [1.54, 1.807) is 0 Å². The van der Waals surface area contributed by atoms with E-state index in [4.69, 9.17) is 10.7 Å². The summed E-state index contributed by atoms with van der Waals surface area (Å²) in [6.07, 6.45) is 14.6. The van der Waals surface area contributed by atoms with Gasteiger partial charge in [0.05, 0.1) is 11.4 Å². The lowest BCUT2D eigenvalue weighted by molar-refractivity contribution is 0.713. The van der Waals surface area contributed by atoms with Gasteiger partial charge in [-0.05, 0) is 95.3 Å². The molecule has 2 aliphatic rings. The second-order valence-corrected chi connectivity index (χ2v) is 9.18. The van der Waals surface area contributed by atoms with E-state index < -0.39 is 0 Å². The number of hydrogen-bond acceptors (Lipinski definition) is 3. The third kappa shape index (κ3) is 4.68. The Kier molecular flexibility index (Phi) is 6.35. The molecule has 0 spiro atoms. The van der Waals surface area contributed by atoms with Gasteiger partial charge in [0.25, 0.3) is 0 Å². The van der Waals surface area contributed by atoms with Gasteiger partial charge in [-0.25, -0.2) is 0 Å². The number of pyridine rings is 1. The Morgan fingerprint density at radius 2 is 2.00 bits per heavy atom. The van der Waals surface area contributed by atoms with E-state index in [1.807, 2.05) is 37.4 Å². The molecule has 0 fully saturated rings. The van der Waals surface area contributed by atoms with E-state index in [9.17, 15) is 0 Å². The normalized spacial score (nSPS) is 18.0. The van der Waals surface area contributed by atoms with Crippen LogP contribution in [0.25, 0.3) is 29.5 Å². The molecule has 3 aromatic rings. The summed E-state index contributed by atoms with van der Waals surface area (Å²) in [4.78, 5) is 4.76. The Labute approximate surface area is 207 Å². The standard InChI is InChI=1S/C32H31N3/c1-4-23(24-13-15-28-25(19-24)14-16-30(28)33)18-27-20-26(12-11-21(27)2)29-9-5-6-17-34-32(29)31-10-7-8-22(3)35-31/h4-13,15,17-20,30,34H,2,14,16,33H2,1,3H3/b23-4+,27-18-. The highest BCUT2D eigenvalue weighted by Crippen LogP contribution is 2.32. The number of allylic oxidation sites excluding steroid dienone is 6. The van der Waals surface area contributed by atoms with E-state index in [2.05, 4.69) is 79.5 Å². The predicted molar refractivity (Wildman–Crippen MR) is 148 cm³/mol. The Hall–Kier alpha value is -3.95. The summed E-state index contributed by atoms with van der Waals surface area (Å²) < 4.78 is 0. The van der Waals surface area contributed by atoms with Crippen LogP contribution in [0.1, 0.15) is 53.0 Å². The Balaban J connectivity index is 1.61. The number of hydrogen-bond donors (Lipinski definition) is 2. The van der Waals surface area contributed by atoms with Gasteiger partial charge in [0.1, 0.15) is 0 Å². The molecular formula is C32H31N3. The second-order valence-electron chi connectivity index (χ2n) is 9.18. The molecule has 35 heavy (non-hydrogen) atoms. The topological polar surface area (TPSA) is 50.9 Å². The molecule has 2 aromatic carbocycles. The first-order valence-electron chi connectivity index (χ1n) is 12.2. The maximum absolute atomic E-state index is 6.25. The minimum Gasteiger partial charge on any atom is -0.359 e. The molecule has 1 aromatic heterocycles. The molecule has 174 valence electrons. The molecule has 1 aliphatic carbocycles. The van der Waals surface area contributed by atoms with Crippen molar-refractivity contribution in [3.05, 3.63) is 129 Å². The molecule has 0 saturated carbocycles. The molecular weight excluding hydrogens is 426 g/mol. The first-order valence-corrected chi connectivity index (χ1v) is 12.2. The van der Waals surface area contributed by atoms with Crippen molar-refractivity contribution in [2.45, 2.75) is 32.7 Å². The maximum atomic E-state index is 6.25. The van der Waals surface area contributed by atoms with E-state index in [1.165, 1.54) is 22.3 Å². The minimum atomic E-state index is 0.168.